The first-order valence-corrected chi connectivity index (χ1v) is 13.7. The molecule has 0 atom stereocenters. The summed E-state index contributed by atoms with van der Waals surface area (Å²) in [5.41, 5.74) is 4.74. The third-order valence-corrected chi connectivity index (χ3v) is 8.04. The number of hydrogen-bond acceptors (Lipinski definition) is 6. The van der Waals surface area contributed by atoms with Gasteiger partial charge in [0, 0.05) is 74.3 Å². The van der Waals surface area contributed by atoms with Gasteiger partial charge in [0.1, 0.15) is 0 Å². The van der Waals surface area contributed by atoms with E-state index in [0.717, 1.165) is 78.8 Å². The molecule has 2 aromatic heterocycles. The molecule has 0 unspecified atom stereocenters. The van der Waals surface area contributed by atoms with Gasteiger partial charge in [-0.15, -0.1) is 0 Å². The highest BCUT2D eigenvalue weighted by molar-refractivity contribution is 6.05. The van der Waals surface area contributed by atoms with Gasteiger partial charge in [-0.3, -0.25) is 14.8 Å². The van der Waals surface area contributed by atoms with E-state index < -0.39 is 17.6 Å². The fourth-order valence-electron chi connectivity index (χ4n) is 5.63. The minimum absolute atomic E-state index is 0.122. The highest BCUT2D eigenvalue weighted by atomic mass is 19.4. The Morgan fingerprint density at radius 1 is 1.02 bits per heavy atom. The Morgan fingerprint density at radius 3 is 2.61 bits per heavy atom. The van der Waals surface area contributed by atoms with Crippen LogP contribution in [0.2, 0.25) is 0 Å². The number of carbonyl (C=O) groups excluding carboxylic acids is 1. The van der Waals surface area contributed by atoms with Crippen molar-refractivity contribution in [2.24, 2.45) is 0 Å². The monoisotopic (exact) mass is 563 g/mol. The number of alkyl halides is 3. The van der Waals surface area contributed by atoms with Crippen molar-refractivity contribution in [2.45, 2.75) is 32.6 Å². The lowest BCUT2D eigenvalue weighted by Crippen LogP contribution is -2.44. The number of amides is 1. The van der Waals surface area contributed by atoms with Crippen LogP contribution in [0, 0.1) is 6.92 Å². The van der Waals surface area contributed by atoms with E-state index in [4.69, 9.17) is 0 Å². The minimum Gasteiger partial charge on any atom is -0.367 e. The summed E-state index contributed by atoms with van der Waals surface area (Å²) in [6.07, 6.45) is -1.86. The van der Waals surface area contributed by atoms with Crippen LogP contribution in [0.25, 0.3) is 11.0 Å². The average Bonchev–Trinajstić information content (AvgIpc) is 3.52. The Labute approximate surface area is 236 Å². The number of likely N-dealkylation sites (N-methyl/N-ethyl adjacent to an activating group) is 1. The van der Waals surface area contributed by atoms with E-state index in [1.54, 1.807) is 12.1 Å². The summed E-state index contributed by atoms with van der Waals surface area (Å²) in [6.45, 7) is 6.65. The van der Waals surface area contributed by atoms with Crippen LogP contribution in [0.4, 0.5) is 24.5 Å². The molecule has 2 aliphatic heterocycles. The number of aromatic amines is 1. The number of aryl methyl sites for hydroxylation is 1. The van der Waals surface area contributed by atoms with Gasteiger partial charge in [0.05, 0.1) is 11.3 Å². The van der Waals surface area contributed by atoms with Crippen LogP contribution < -0.4 is 10.2 Å². The normalized spacial score (nSPS) is 16.4. The second-order valence-electron chi connectivity index (χ2n) is 11.0. The van der Waals surface area contributed by atoms with Crippen molar-refractivity contribution >= 4 is 28.3 Å². The molecule has 1 fully saturated rings. The SMILES string of the molecule is Cc1n[nH]c2ncc(CN3CCc4ccc(C(=O)Nc5ccc(CN6CCN(C)CC6)c(C(F)(F)F)c5)cc43)cc12. The molecule has 1 saturated heterocycles. The summed E-state index contributed by atoms with van der Waals surface area (Å²) in [7, 11) is 2.01. The Morgan fingerprint density at radius 2 is 1.83 bits per heavy atom. The number of pyridine rings is 1. The zero-order valence-corrected chi connectivity index (χ0v) is 23.1. The third-order valence-electron chi connectivity index (χ3n) is 8.04. The Hall–Kier alpha value is -3.96. The second-order valence-corrected chi connectivity index (χ2v) is 11.0. The average molecular weight is 564 g/mol. The summed E-state index contributed by atoms with van der Waals surface area (Å²) in [5.74, 6) is -0.447. The van der Waals surface area contributed by atoms with Crippen molar-refractivity contribution in [2.75, 3.05) is 50.0 Å². The van der Waals surface area contributed by atoms with Gasteiger partial charge in [-0.1, -0.05) is 12.1 Å². The molecule has 8 nitrogen and oxygen atoms in total. The van der Waals surface area contributed by atoms with Crippen molar-refractivity contribution in [1.29, 1.82) is 0 Å². The number of nitrogens with zero attached hydrogens (tertiary/aromatic N) is 5. The number of rotatable bonds is 6. The molecule has 11 heteroatoms. The topological polar surface area (TPSA) is 80.4 Å². The lowest BCUT2D eigenvalue weighted by Gasteiger charge is -2.33. The number of piperazine rings is 1. The predicted octanol–water partition coefficient (Wildman–Crippen LogP) is 4.85. The summed E-state index contributed by atoms with van der Waals surface area (Å²) < 4.78 is 42.0. The molecular formula is C30H32F3N7O. The molecule has 1 amide bonds. The Kier molecular flexibility index (Phi) is 7.16. The van der Waals surface area contributed by atoms with Gasteiger partial charge in [-0.05, 0) is 67.4 Å². The number of hydrogen-bond donors (Lipinski definition) is 2. The van der Waals surface area contributed by atoms with Crippen LogP contribution >= 0.6 is 0 Å². The first-order valence-electron chi connectivity index (χ1n) is 13.7. The van der Waals surface area contributed by atoms with E-state index in [1.807, 2.05) is 37.2 Å². The van der Waals surface area contributed by atoms with Crippen molar-refractivity contribution in [1.82, 2.24) is 25.0 Å². The number of fused-ring (bicyclic) bond motifs is 2. The largest absolute Gasteiger partial charge is 0.416 e. The van der Waals surface area contributed by atoms with E-state index >= 15 is 0 Å². The summed E-state index contributed by atoms with van der Waals surface area (Å²) in [6, 6.07) is 11.6. The third kappa shape index (κ3) is 5.77. The molecule has 0 spiro atoms. The lowest BCUT2D eigenvalue weighted by atomic mass is 10.0. The minimum atomic E-state index is -4.52. The van der Waals surface area contributed by atoms with Gasteiger partial charge in [-0.25, -0.2) is 4.98 Å². The van der Waals surface area contributed by atoms with Crippen LogP contribution in [0.3, 0.4) is 0 Å². The second kappa shape index (κ2) is 10.8. The highest BCUT2D eigenvalue weighted by Crippen LogP contribution is 2.35. The van der Waals surface area contributed by atoms with Crippen LogP contribution in [0.15, 0.2) is 48.7 Å². The van der Waals surface area contributed by atoms with Crippen LogP contribution in [0.5, 0.6) is 0 Å². The summed E-state index contributed by atoms with van der Waals surface area (Å²) in [4.78, 5) is 24.0. The molecule has 6 rings (SSSR count). The Bertz CT molecular complexity index is 1590. The van der Waals surface area contributed by atoms with E-state index in [0.29, 0.717) is 12.1 Å². The van der Waals surface area contributed by atoms with Crippen LogP contribution in [0.1, 0.15) is 38.3 Å². The van der Waals surface area contributed by atoms with Crippen LogP contribution in [-0.4, -0.2) is 70.7 Å². The fourth-order valence-corrected chi connectivity index (χ4v) is 5.63. The van der Waals surface area contributed by atoms with Crippen molar-refractivity contribution in [3.8, 4) is 0 Å². The van der Waals surface area contributed by atoms with Gasteiger partial charge in [-0.2, -0.15) is 18.3 Å². The van der Waals surface area contributed by atoms with Crippen molar-refractivity contribution in [3.05, 3.63) is 82.2 Å². The van der Waals surface area contributed by atoms with Crippen LogP contribution in [-0.2, 0) is 25.7 Å². The standard InChI is InChI=1S/C30H32F3N7O/c1-19-25-13-20(16-34-28(25)37-36-19)17-40-8-7-21-3-4-22(14-27(21)40)29(41)35-24-6-5-23(26(15-24)30(31,32)33)18-39-11-9-38(2)10-12-39/h3-6,13-16H,7-12,17-18H2,1-2H3,(H,35,41)(H,34,36,37). The lowest BCUT2D eigenvalue weighted by molar-refractivity contribution is -0.138. The maximum atomic E-state index is 14.0. The number of anilines is 2. The van der Waals surface area contributed by atoms with Gasteiger partial charge < -0.3 is 15.1 Å². The molecule has 0 radical (unpaired) electrons. The number of carbonyl (C=O) groups is 1. The number of halogens is 3. The van der Waals surface area contributed by atoms with E-state index in [2.05, 4.69) is 36.4 Å². The first kappa shape index (κ1) is 27.2. The van der Waals surface area contributed by atoms with E-state index in [1.165, 1.54) is 6.07 Å². The Balaban J connectivity index is 1.18. The number of aromatic nitrogens is 3. The predicted molar refractivity (Wildman–Crippen MR) is 152 cm³/mol. The summed E-state index contributed by atoms with van der Waals surface area (Å²) >= 11 is 0. The quantitative estimate of drug-likeness (QED) is 0.349. The molecule has 4 aromatic rings. The molecule has 2 aromatic carbocycles. The van der Waals surface area contributed by atoms with Gasteiger partial charge in [0.2, 0.25) is 0 Å². The number of nitrogens with one attached hydrogen (secondary N) is 2. The summed E-state index contributed by atoms with van der Waals surface area (Å²) in [5, 5.41) is 10.8. The molecule has 4 heterocycles. The van der Waals surface area contributed by atoms with Gasteiger partial charge in [0.25, 0.3) is 5.91 Å². The maximum Gasteiger partial charge on any atom is 0.416 e. The molecule has 0 aliphatic carbocycles. The number of benzene rings is 2. The smallest absolute Gasteiger partial charge is 0.367 e. The highest BCUT2D eigenvalue weighted by Gasteiger charge is 2.34. The molecule has 0 bridgehead atoms. The molecule has 2 N–H and O–H groups in total. The number of H-pyrrole nitrogens is 1. The van der Waals surface area contributed by atoms with Crippen molar-refractivity contribution < 1.29 is 18.0 Å². The maximum absolute atomic E-state index is 14.0. The molecule has 41 heavy (non-hydrogen) atoms. The van der Waals surface area contributed by atoms with Crippen molar-refractivity contribution in [3.63, 3.8) is 0 Å². The zero-order chi connectivity index (χ0) is 28.7. The first-order chi connectivity index (χ1) is 19.6. The molecule has 0 saturated carbocycles. The van der Waals surface area contributed by atoms with Gasteiger partial charge in [0.15, 0.2) is 5.65 Å². The zero-order valence-electron chi connectivity index (χ0n) is 23.1. The molecule has 2 aliphatic rings. The molecule has 214 valence electrons. The molecular weight excluding hydrogens is 531 g/mol. The van der Waals surface area contributed by atoms with E-state index in [-0.39, 0.29) is 17.8 Å². The fraction of sp³-hybridized carbons (Fsp3) is 0.367. The van der Waals surface area contributed by atoms with E-state index in [9.17, 15) is 18.0 Å². The van der Waals surface area contributed by atoms with Gasteiger partial charge >= 0.3 is 6.18 Å².